The van der Waals surface area contributed by atoms with E-state index in [4.69, 9.17) is 0 Å². The van der Waals surface area contributed by atoms with E-state index < -0.39 is 0 Å². The average molecular weight is 337 g/mol. The van der Waals surface area contributed by atoms with Gasteiger partial charge in [0, 0.05) is 43.8 Å². The quantitative estimate of drug-likeness (QED) is 0.664. The molecule has 1 aromatic carbocycles. The second-order valence-corrected chi connectivity index (χ2v) is 7.32. The zero-order chi connectivity index (χ0) is 17.2. The highest BCUT2D eigenvalue weighted by Gasteiger charge is 2.38. The van der Waals surface area contributed by atoms with Crippen LogP contribution in [-0.4, -0.2) is 48.1 Å². The fourth-order valence-corrected chi connectivity index (χ4v) is 3.79. The van der Waals surface area contributed by atoms with Crippen LogP contribution in [0.3, 0.4) is 0 Å². The Morgan fingerprint density at radius 3 is 2.88 bits per heavy atom. The van der Waals surface area contributed by atoms with Crippen molar-refractivity contribution in [1.29, 1.82) is 0 Å². The molecule has 0 radical (unpaired) electrons. The van der Waals surface area contributed by atoms with Crippen LogP contribution in [0.5, 0.6) is 0 Å². The SMILES string of the molecule is CN=C(NCc1nccc2ccccc12)NC1CN(C2CC2)CC1C. The number of guanidine groups is 1. The number of fused-ring (bicyclic) bond motifs is 1. The number of hydrogen-bond donors (Lipinski definition) is 2. The molecule has 0 amide bonds. The maximum absolute atomic E-state index is 4.55. The lowest BCUT2D eigenvalue weighted by Gasteiger charge is -2.20. The highest BCUT2D eigenvalue weighted by Crippen LogP contribution is 2.31. The Morgan fingerprint density at radius 1 is 1.24 bits per heavy atom. The van der Waals surface area contributed by atoms with Crippen LogP contribution in [0.1, 0.15) is 25.5 Å². The molecule has 0 bridgehead atoms. The van der Waals surface area contributed by atoms with Gasteiger partial charge in [0.05, 0.1) is 12.2 Å². The number of rotatable bonds is 4. The Balaban J connectivity index is 1.39. The summed E-state index contributed by atoms with van der Waals surface area (Å²) in [5, 5.41) is 9.48. The first kappa shape index (κ1) is 16.3. The average Bonchev–Trinajstić information content (AvgIpc) is 3.43. The Hall–Kier alpha value is -2.14. The minimum absolute atomic E-state index is 0.465. The third-order valence-corrected chi connectivity index (χ3v) is 5.43. The molecular formula is C20H27N5. The van der Waals surface area contributed by atoms with Gasteiger partial charge < -0.3 is 10.6 Å². The summed E-state index contributed by atoms with van der Waals surface area (Å²) in [6.07, 6.45) is 4.63. The summed E-state index contributed by atoms with van der Waals surface area (Å²) < 4.78 is 0. The summed E-state index contributed by atoms with van der Waals surface area (Å²) in [5.74, 6) is 1.51. The van der Waals surface area contributed by atoms with E-state index in [2.05, 4.69) is 62.8 Å². The summed E-state index contributed by atoms with van der Waals surface area (Å²) in [6, 6.07) is 11.7. The number of aromatic nitrogens is 1. The van der Waals surface area contributed by atoms with Crippen LogP contribution in [0, 0.1) is 5.92 Å². The molecule has 2 aromatic rings. The van der Waals surface area contributed by atoms with Gasteiger partial charge in [-0.05, 0) is 30.2 Å². The molecule has 5 heteroatoms. The largest absolute Gasteiger partial charge is 0.352 e. The Labute approximate surface area is 149 Å². The van der Waals surface area contributed by atoms with Gasteiger partial charge in [0.2, 0.25) is 0 Å². The minimum atomic E-state index is 0.465. The van der Waals surface area contributed by atoms with Gasteiger partial charge in [0.1, 0.15) is 0 Å². The number of hydrogen-bond acceptors (Lipinski definition) is 3. The molecule has 2 aliphatic rings. The van der Waals surface area contributed by atoms with Crippen molar-refractivity contribution in [3.63, 3.8) is 0 Å². The molecule has 2 heterocycles. The second kappa shape index (κ2) is 7.00. The number of nitrogens with one attached hydrogen (secondary N) is 2. The van der Waals surface area contributed by atoms with Crippen LogP contribution >= 0.6 is 0 Å². The summed E-state index contributed by atoms with van der Waals surface area (Å²) in [5.41, 5.74) is 1.06. The number of aliphatic imine (C=N–C) groups is 1. The fourth-order valence-electron chi connectivity index (χ4n) is 3.79. The number of likely N-dealkylation sites (tertiary alicyclic amines) is 1. The lowest BCUT2D eigenvalue weighted by molar-refractivity contribution is 0.315. The first-order valence-corrected chi connectivity index (χ1v) is 9.28. The molecule has 1 saturated heterocycles. The van der Waals surface area contributed by atoms with Crippen molar-refractivity contribution in [1.82, 2.24) is 20.5 Å². The fraction of sp³-hybridized carbons (Fsp3) is 0.500. The van der Waals surface area contributed by atoms with Crippen LogP contribution in [0.2, 0.25) is 0 Å². The molecule has 4 rings (SSSR count). The van der Waals surface area contributed by atoms with Crippen molar-refractivity contribution >= 4 is 16.7 Å². The van der Waals surface area contributed by atoms with E-state index >= 15 is 0 Å². The van der Waals surface area contributed by atoms with E-state index in [9.17, 15) is 0 Å². The zero-order valence-electron chi connectivity index (χ0n) is 15.1. The van der Waals surface area contributed by atoms with E-state index in [1.165, 1.54) is 30.2 Å². The molecule has 2 unspecified atom stereocenters. The van der Waals surface area contributed by atoms with Crippen molar-refractivity contribution in [3.8, 4) is 0 Å². The number of nitrogens with zero attached hydrogens (tertiary/aromatic N) is 3. The van der Waals surface area contributed by atoms with Crippen LogP contribution in [-0.2, 0) is 6.54 Å². The lowest BCUT2D eigenvalue weighted by Crippen LogP contribution is -2.46. The van der Waals surface area contributed by atoms with Crippen LogP contribution < -0.4 is 10.6 Å². The van der Waals surface area contributed by atoms with Crippen molar-refractivity contribution < 1.29 is 0 Å². The van der Waals surface area contributed by atoms with Gasteiger partial charge in [-0.15, -0.1) is 0 Å². The maximum Gasteiger partial charge on any atom is 0.191 e. The smallest absolute Gasteiger partial charge is 0.191 e. The zero-order valence-corrected chi connectivity index (χ0v) is 15.1. The molecule has 132 valence electrons. The highest BCUT2D eigenvalue weighted by molar-refractivity contribution is 5.85. The second-order valence-electron chi connectivity index (χ2n) is 7.32. The van der Waals surface area contributed by atoms with E-state index in [-0.39, 0.29) is 0 Å². The van der Waals surface area contributed by atoms with Crippen molar-refractivity contribution in [2.75, 3.05) is 20.1 Å². The molecular weight excluding hydrogens is 310 g/mol. The van der Waals surface area contributed by atoms with Gasteiger partial charge in [-0.1, -0.05) is 31.2 Å². The van der Waals surface area contributed by atoms with E-state index in [0.29, 0.717) is 18.5 Å². The Morgan fingerprint density at radius 2 is 2.08 bits per heavy atom. The Kier molecular flexibility index (Phi) is 4.57. The molecule has 2 N–H and O–H groups in total. The van der Waals surface area contributed by atoms with Gasteiger partial charge in [0.15, 0.2) is 5.96 Å². The first-order valence-electron chi connectivity index (χ1n) is 9.28. The summed E-state index contributed by atoms with van der Waals surface area (Å²) in [4.78, 5) is 11.6. The van der Waals surface area contributed by atoms with Gasteiger partial charge in [0.25, 0.3) is 0 Å². The molecule has 1 aliphatic carbocycles. The molecule has 2 fully saturated rings. The van der Waals surface area contributed by atoms with Crippen molar-refractivity contribution in [2.45, 2.75) is 38.4 Å². The number of benzene rings is 1. The summed E-state index contributed by atoms with van der Waals surface area (Å²) >= 11 is 0. The highest BCUT2D eigenvalue weighted by atomic mass is 15.3. The van der Waals surface area contributed by atoms with Crippen LogP contribution in [0.15, 0.2) is 41.5 Å². The van der Waals surface area contributed by atoms with E-state index in [0.717, 1.165) is 24.2 Å². The molecule has 5 nitrogen and oxygen atoms in total. The summed E-state index contributed by atoms with van der Waals surface area (Å²) in [6.45, 7) is 5.33. The molecule has 1 aromatic heterocycles. The third kappa shape index (κ3) is 3.61. The van der Waals surface area contributed by atoms with Crippen molar-refractivity contribution in [2.24, 2.45) is 10.9 Å². The van der Waals surface area contributed by atoms with Crippen molar-refractivity contribution in [3.05, 3.63) is 42.2 Å². The molecule has 25 heavy (non-hydrogen) atoms. The number of pyridine rings is 1. The van der Waals surface area contributed by atoms with Gasteiger partial charge in [-0.3, -0.25) is 14.9 Å². The molecule has 0 spiro atoms. The molecule has 1 saturated carbocycles. The van der Waals surface area contributed by atoms with Gasteiger partial charge in [-0.2, -0.15) is 0 Å². The van der Waals surface area contributed by atoms with Gasteiger partial charge >= 0.3 is 0 Å². The normalized spacial score (nSPS) is 24.6. The third-order valence-electron chi connectivity index (χ3n) is 5.43. The molecule has 1 aliphatic heterocycles. The summed E-state index contributed by atoms with van der Waals surface area (Å²) in [7, 11) is 1.84. The monoisotopic (exact) mass is 337 g/mol. The standard InChI is InChI=1S/C20H27N5/c1-14-12-25(16-7-8-16)13-19(14)24-20(21-2)23-11-18-17-6-4-3-5-15(17)9-10-22-18/h3-6,9-10,14,16,19H,7-8,11-13H2,1-2H3,(H2,21,23,24). The molecule has 2 atom stereocenters. The van der Waals surface area contributed by atoms with E-state index in [1.807, 2.05) is 13.2 Å². The van der Waals surface area contributed by atoms with Crippen LogP contribution in [0.25, 0.3) is 10.8 Å². The van der Waals surface area contributed by atoms with Crippen LogP contribution in [0.4, 0.5) is 0 Å². The lowest BCUT2D eigenvalue weighted by atomic mass is 10.1. The topological polar surface area (TPSA) is 52.6 Å². The van der Waals surface area contributed by atoms with E-state index in [1.54, 1.807) is 0 Å². The Bertz CT molecular complexity index is 762. The predicted octanol–water partition coefficient (Wildman–Crippen LogP) is 2.38. The van der Waals surface area contributed by atoms with Gasteiger partial charge in [-0.25, -0.2) is 0 Å². The maximum atomic E-state index is 4.55. The minimum Gasteiger partial charge on any atom is -0.352 e. The first-order chi connectivity index (χ1) is 12.2. The predicted molar refractivity (Wildman–Crippen MR) is 103 cm³/mol.